The highest BCUT2D eigenvalue weighted by molar-refractivity contribution is 8.00. The van der Waals surface area contributed by atoms with E-state index in [1.165, 1.54) is 23.9 Å². The number of alkyl halides is 1. The third kappa shape index (κ3) is 3.70. The normalized spacial score (nSPS) is 43.5. The van der Waals surface area contributed by atoms with E-state index in [0.29, 0.717) is 25.7 Å². The van der Waals surface area contributed by atoms with Gasteiger partial charge in [0.05, 0.1) is 11.9 Å². The number of aliphatic hydroxyl groups is 1. The molecular weight excluding hydrogens is 479 g/mol. The highest BCUT2D eigenvalue weighted by Gasteiger charge is 2.77. The second kappa shape index (κ2) is 9.37. The zero-order chi connectivity index (χ0) is 26.7. The lowest BCUT2D eigenvalue weighted by atomic mass is 9.44. The van der Waals surface area contributed by atoms with Gasteiger partial charge in [0.25, 0.3) is 0 Å². The first-order chi connectivity index (χ1) is 16.8. The van der Waals surface area contributed by atoms with E-state index in [-0.39, 0.29) is 47.2 Å². The lowest BCUT2D eigenvalue weighted by Crippen LogP contribution is -2.70. The fraction of sp³-hybridized carbons (Fsp3) is 0.759. The van der Waals surface area contributed by atoms with Crippen molar-refractivity contribution < 1.29 is 28.6 Å². The molecule has 0 aromatic rings. The van der Waals surface area contributed by atoms with Crippen molar-refractivity contribution in [1.82, 2.24) is 0 Å². The standard InChI is InChI=1S/C29H41FO5S/c1-7-8-25(34)35-29(24(33)16-36-17(2)3)18(4)13-22-21-10-9-19-14-20(31)11-12-26(19,5)28(21,30)23(32)15-27(22,29)6/h11-12,14,17-18,21-23,32H,7-10,13,15-16H2,1-6H3/t18-,21-,22-,23-,26-,27-,28-,29-/m0/s1. The van der Waals surface area contributed by atoms with Crippen LogP contribution in [0.5, 0.6) is 0 Å². The number of hydrogen-bond acceptors (Lipinski definition) is 6. The van der Waals surface area contributed by atoms with E-state index in [0.717, 1.165) is 5.57 Å². The number of hydrogen-bond donors (Lipinski definition) is 1. The Morgan fingerprint density at radius 2 is 1.97 bits per heavy atom. The molecule has 8 atom stereocenters. The molecule has 0 radical (unpaired) electrons. The van der Waals surface area contributed by atoms with Crippen molar-refractivity contribution in [3.63, 3.8) is 0 Å². The van der Waals surface area contributed by atoms with Crippen molar-refractivity contribution in [3.8, 4) is 0 Å². The number of halogens is 1. The molecule has 3 fully saturated rings. The minimum absolute atomic E-state index is 0.0250. The van der Waals surface area contributed by atoms with Gasteiger partial charge in [-0.3, -0.25) is 14.4 Å². The number of esters is 1. The molecule has 0 aromatic carbocycles. The summed E-state index contributed by atoms with van der Waals surface area (Å²) in [5.74, 6) is -1.54. The fourth-order valence-corrected chi connectivity index (χ4v) is 8.88. The van der Waals surface area contributed by atoms with Crippen LogP contribution in [0.15, 0.2) is 23.8 Å². The molecule has 0 amide bonds. The van der Waals surface area contributed by atoms with Gasteiger partial charge in [0.1, 0.15) is 0 Å². The Balaban J connectivity index is 1.81. The van der Waals surface area contributed by atoms with Crippen LogP contribution in [0.1, 0.15) is 80.1 Å². The number of fused-ring (bicyclic) bond motifs is 5. The number of aliphatic hydroxyl groups excluding tert-OH is 1. The van der Waals surface area contributed by atoms with Gasteiger partial charge in [-0.1, -0.05) is 46.3 Å². The van der Waals surface area contributed by atoms with Crippen molar-refractivity contribution in [2.24, 2.45) is 28.6 Å². The van der Waals surface area contributed by atoms with Gasteiger partial charge in [-0.05, 0) is 62.3 Å². The average Bonchev–Trinajstić information content (AvgIpc) is 3.01. The summed E-state index contributed by atoms with van der Waals surface area (Å²) in [6.45, 7) is 11.6. The molecule has 4 rings (SSSR count). The lowest BCUT2D eigenvalue weighted by molar-refractivity contribution is -0.227. The van der Waals surface area contributed by atoms with Crippen LogP contribution in [0, 0.1) is 28.6 Å². The Hall–Kier alpha value is -1.47. The maximum Gasteiger partial charge on any atom is 0.306 e. The highest BCUT2D eigenvalue weighted by Crippen LogP contribution is 2.71. The Morgan fingerprint density at radius 3 is 2.61 bits per heavy atom. The van der Waals surface area contributed by atoms with Gasteiger partial charge in [-0.25, -0.2) is 4.39 Å². The summed E-state index contributed by atoms with van der Waals surface area (Å²) >= 11 is 1.52. The molecule has 1 N–H and O–H groups in total. The smallest absolute Gasteiger partial charge is 0.306 e. The van der Waals surface area contributed by atoms with Gasteiger partial charge in [-0.2, -0.15) is 11.8 Å². The second-order valence-electron chi connectivity index (χ2n) is 12.1. The summed E-state index contributed by atoms with van der Waals surface area (Å²) in [5.41, 5.74) is -4.63. The highest BCUT2D eigenvalue weighted by atomic mass is 32.2. The number of Topliss-reactive ketones (excluding diaryl/α,β-unsaturated/α-hetero) is 1. The maximum absolute atomic E-state index is 17.4. The quantitative estimate of drug-likeness (QED) is 0.453. The minimum Gasteiger partial charge on any atom is -0.450 e. The van der Waals surface area contributed by atoms with Gasteiger partial charge in [0, 0.05) is 29.1 Å². The molecule has 0 heterocycles. The predicted molar refractivity (Wildman–Crippen MR) is 139 cm³/mol. The largest absolute Gasteiger partial charge is 0.450 e. The molecule has 0 aromatic heterocycles. The Labute approximate surface area is 218 Å². The zero-order valence-electron chi connectivity index (χ0n) is 22.4. The van der Waals surface area contributed by atoms with Crippen LogP contribution in [0.2, 0.25) is 0 Å². The number of thioether (sulfide) groups is 1. The molecule has 4 aliphatic carbocycles. The summed E-state index contributed by atoms with van der Waals surface area (Å²) in [6, 6.07) is 0. The molecule has 36 heavy (non-hydrogen) atoms. The van der Waals surface area contributed by atoms with E-state index in [4.69, 9.17) is 4.74 Å². The van der Waals surface area contributed by atoms with Gasteiger partial charge in [0.15, 0.2) is 22.8 Å². The second-order valence-corrected chi connectivity index (χ2v) is 13.7. The van der Waals surface area contributed by atoms with Crippen molar-refractivity contribution >= 4 is 29.3 Å². The lowest BCUT2D eigenvalue weighted by Gasteiger charge is -2.62. The van der Waals surface area contributed by atoms with Crippen LogP contribution < -0.4 is 0 Å². The van der Waals surface area contributed by atoms with Crippen LogP contribution >= 0.6 is 11.8 Å². The van der Waals surface area contributed by atoms with Crippen molar-refractivity contribution in [2.75, 3.05) is 5.75 Å². The van der Waals surface area contributed by atoms with Gasteiger partial charge in [-0.15, -0.1) is 0 Å². The SMILES string of the molecule is CCCC(=O)O[C@]1(C(=O)CSC(C)C)[C@@H](C)C[C@H]2[C@@H]3CCC4=CC(=O)C=C[C@]4(C)[C@@]3(F)[C@@H](O)C[C@@]21C. The van der Waals surface area contributed by atoms with E-state index in [9.17, 15) is 19.5 Å². The van der Waals surface area contributed by atoms with Gasteiger partial charge in [0.2, 0.25) is 0 Å². The number of carbonyl (C=O) groups excluding carboxylic acids is 3. The van der Waals surface area contributed by atoms with Crippen LogP contribution in [0.3, 0.4) is 0 Å². The van der Waals surface area contributed by atoms with Crippen LogP contribution in [0.25, 0.3) is 0 Å². The molecule has 0 saturated heterocycles. The molecular formula is C29H41FO5S. The van der Waals surface area contributed by atoms with Crippen molar-refractivity contribution in [3.05, 3.63) is 23.8 Å². The molecule has 4 aliphatic rings. The molecule has 200 valence electrons. The summed E-state index contributed by atoms with van der Waals surface area (Å²) in [5, 5.41) is 11.9. The monoisotopic (exact) mass is 520 g/mol. The fourth-order valence-electron chi connectivity index (χ4n) is 8.18. The van der Waals surface area contributed by atoms with E-state index < -0.39 is 40.1 Å². The number of rotatable bonds is 7. The zero-order valence-corrected chi connectivity index (χ0v) is 23.3. The van der Waals surface area contributed by atoms with Crippen LogP contribution in [0.4, 0.5) is 4.39 Å². The molecule has 0 aliphatic heterocycles. The molecule has 3 saturated carbocycles. The predicted octanol–water partition coefficient (Wildman–Crippen LogP) is 5.40. The molecule has 0 unspecified atom stereocenters. The summed E-state index contributed by atoms with van der Waals surface area (Å²) in [6.07, 6.45) is 5.65. The number of ether oxygens (including phenoxy) is 1. The third-order valence-electron chi connectivity index (χ3n) is 9.87. The molecule has 7 heteroatoms. The molecule has 0 bridgehead atoms. The number of ketones is 2. The van der Waals surface area contributed by atoms with Crippen molar-refractivity contribution in [1.29, 1.82) is 0 Å². The molecule has 5 nitrogen and oxygen atoms in total. The van der Waals surface area contributed by atoms with Crippen LogP contribution in [-0.2, 0) is 19.1 Å². The summed E-state index contributed by atoms with van der Waals surface area (Å²) in [4.78, 5) is 39.0. The van der Waals surface area contributed by atoms with Gasteiger partial charge < -0.3 is 9.84 Å². The Bertz CT molecular complexity index is 1010. The molecule has 0 spiro atoms. The Kier molecular flexibility index (Phi) is 7.18. The minimum atomic E-state index is -1.97. The topological polar surface area (TPSA) is 80.7 Å². The number of allylic oxidation sites excluding steroid dienone is 4. The number of carbonyl (C=O) groups is 3. The van der Waals surface area contributed by atoms with E-state index in [1.54, 1.807) is 13.0 Å². The van der Waals surface area contributed by atoms with Gasteiger partial charge >= 0.3 is 5.97 Å². The maximum atomic E-state index is 17.4. The first-order valence-electron chi connectivity index (χ1n) is 13.5. The van der Waals surface area contributed by atoms with E-state index in [2.05, 4.69) is 0 Å². The van der Waals surface area contributed by atoms with E-state index in [1.807, 2.05) is 34.6 Å². The first-order valence-corrected chi connectivity index (χ1v) is 14.5. The van der Waals surface area contributed by atoms with Crippen molar-refractivity contribution in [2.45, 2.75) is 103 Å². The summed E-state index contributed by atoms with van der Waals surface area (Å²) < 4.78 is 23.7. The average molecular weight is 521 g/mol. The Morgan fingerprint density at radius 1 is 1.28 bits per heavy atom. The van der Waals surface area contributed by atoms with E-state index >= 15 is 4.39 Å². The van der Waals surface area contributed by atoms with Crippen LogP contribution in [-0.4, -0.2) is 51.0 Å². The first kappa shape index (κ1) is 27.6. The summed E-state index contributed by atoms with van der Waals surface area (Å²) in [7, 11) is 0. The third-order valence-corrected chi connectivity index (χ3v) is 11.0.